The van der Waals surface area contributed by atoms with E-state index >= 15 is 0 Å². The lowest BCUT2D eigenvalue weighted by atomic mass is 9.46. The number of alkyl halides is 1. The van der Waals surface area contributed by atoms with Crippen molar-refractivity contribution in [3.8, 4) is 0 Å². The largest absolute Gasteiger partial charge is 0.469 e. The highest BCUT2D eigenvalue weighted by Crippen LogP contribution is 2.62. The van der Waals surface area contributed by atoms with Crippen molar-refractivity contribution in [1.82, 2.24) is 0 Å². The summed E-state index contributed by atoms with van der Waals surface area (Å²) in [7, 11) is 1.54. The van der Waals surface area contributed by atoms with Crippen LogP contribution in [0.5, 0.6) is 0 Å². The first kappa shape index (κ1) is 20.0. The van der Waals surface area contributed by atoms with E-state index in [1.54, 1.807) is 0 Å². The number of halogens is 1. The molecule has 2 rings (SSSR count). The fourth-order valence-corrected chi connectivity index (χ4v) is 6.32. The van der Waals surface area contributed by atoms with Crippen molar-refractivity contribution in [2.45, 2.75) is 65.7 Å². The van der Waals surface area contributed by atoms with E-state index in [2.05, 4.69) is 56.0 Å². The van der Waals surface area contributed by atoms with Gasteiger partial charge in [-0.2, -0.15) is 0 Å². The maximum Gasteiger partial charge on any atom is 0.311 e. The Morgan fingerprint density at radius 3 is 2.75 bits per heavy atom. The molecule has 0 saturated heterocycles. The third-order valence-corrected chi connectivity index (χ3v) is 7.36. The second kappa shape index (κ2) is 7.92. The van der Waals surface area contributed by atoms with Crippen LogP contribution in [-0.2, 0) is 9.53 Å². The second-order valence-corrected chi connectivity index (χ2v) is 9.19. The average Bonchev–Trinajstić information content (AvgIpc) is 2.53. The monoisotopic (exact) mass is 444 g/mol. The van der Waals surface area contributed by atoms with E-state index in [4.69, 9.17) is 4.74 Å². The van der Waals surface area contributed by atoms with E-state index in [0.29, 0.717) is 11.8 Å². The molecule has 24 heavy (non-hydrogen) atoms. The second-order valence-electron chi connectivity index (χ2n) is 8.31. The molecule has 0 unspecified atom stereocenters. The number of carbonyl (C=O) groups excluding carboxylic acids is 1. The Labute approximate surface area is 161 Å². The van der Waals surface area contributed by atoms with Crippen molar-refractivity contribution in [1.29, 1.82) is 0 Å². The van der Waals surface area contributed by atoms with E-state index < -0.39 is 0 Å². The van der Waals surface area contributed by atoms with Crippen LogP contribution in [-0.4, -0.2) is 17.5 Å². The van der Waals surface area contributed by atoms with Gasteiger partial charge in [-0.3, -0.25) is 4.79 Å². The standard InChI is InChI=1S/C21H33IO2/c1-15(11-14-22)7-9-17-16(2)8-10-18-20(17,3)12-6-13-21(18,4)19(23)24-5/h11,17-18H,2,6-10,12-14H2,1,3-5H3/b15-11+/t17-,18+,20+,21-/m0/s1. The molecule has 136 valence electrons. The van der Waals surface area contributed by atoms with Crippen LogP contribution in [0.4, 0.5) is 0 Å². The summed E-state index contributed by atoms with van der Waals surface area (Å²) in [5, 5.41) is 0. The molecule has 2 aliphatic carbocycles. The third kappa shape index (κ3) is 3.61. The van der Waals surface area contributed by atoms with Crippen LogP contribution < -0.4 is 0 Å². The molecule has 0 aliphatic heterocycles. The van der Waals surface area contributed by atoms with Crippen molar-refractivity contribution < 1.29 is 9.53 Å². The molecule has 4 atom stereocenters. The Kier molecular flexibility index (Phi) is 6.60. The van der Waals surface area contributed by atoms with Gasteiger partial charge < -0.3 is 4.74 Å². The first-order valence-corrected chi connectivity index (χ1v) is 10.8. The van der Waals surface area contributed by atoms with Gasteiger partial charge in [0.2, 0.25) is 0 Å². The number of fused-ring (bicyclic) bond motifs is 1. The van der Waals surface area contributed by atoms with Crippen molar-refractivity contribution in [2.24, 2.45) is 22.7 Å². The van der Waals surface area contributed by atoms with Gasteiger partial charge in [-0.1, -0.05) is 59.7 Å². The highest BCUT2D eigenvalue weighted by atomic mass is 127. The summed E-state index contributed by atoms with van der Waals surface area (Å²) in [4.78, 5) is 12.6. The summed E-state index contributed by atoms with van der Waals surface area (Å²) in [5.74, 6) is 0.930. The molecule has 0 spiro atoms. The molecule has 0 amide bonds. The molecule has 0 N–H and O–H groups in total. The molecule has 2 aliphatic rings. The van der Waals surface area contributed by atoms with Crippen LogP contribution in [0.1, 0.15) is 65.7 Å². The molecule has 0 radical (unpaired) electrons. The van der Waals surface area contributed by atoms with Gasteiger partial charge in [0, 0.05) is 4.43 Å². The molecule has 2 nitrogen and oxygen atoms in total. The van der Waals surface area contributed by atoms with Gasteiger partial charge in [-0.15, -0.1) is 0 Å². The van der Waals surface area contributed by atoms with Crippen LogP contribution in [0, 0.1) is 22.7 Å². The van der Waals surface area contributed by atoms with Gasteiger partial charge in [-0.05, 0) is 69.6 Å². The van der Waals surface area contributed by atoms with Crippen LogP contribution in [0.25, 0.3) is 0 Å². The zero-order valence-corrected chi connectivity index (χ0v) is 17.9. The molecule has 0 bridgehead atoms. The molecule has 0 aromatic heterocycles. The Hall–Kier alpha value is -0.320. The molecular formula is C21H33IO2. The zero-order valence-electron chi connectivity index (χ0n) is 15.8. The van der Waals surface area contributed by atoms with Gasteiger partial charge >= 0.3 is 5.97 Å². The Morgan fingerprint density at radius 1 is 1.42 bits per heavy atom. The summed E-state index contributed by atoms with van der Waals surface area (Å²) in [6.07, 6.45) is 10.1. The fraction of sp³-hybridized carbons (Fsp3) is 0.762. The first-order valence-electron chi connectivity index (χ1n) is 9.27. The molecule has 0 heterocycles. The van der Waals surface area contributed by atoms with Crippen molar-refractivity contribution in [2.75, 3.05) is 11.5 Å². The predicted octanol–water partition coefficient (Wildman–Crippen LogP) is 6.10. The van der Waals surface area contributed by atoms with Crippen LogP contribution in [0.2, 0.25) is 0 Å². The zero-order chi connectivity index (χ0) is 18.0. The lowest BCUT2D eigenvalue weighted by Crippen LogP contribution is -2.53. The Balaban J connectivity index is 2.27. The Bertz CT molecular complexity index is 524. The number of hydrogen-bond donors (Lipinski definition) is 0. The van der Waals surface area contributed by atoms with E-state index in [-0.39, 0.29) is 16.8 Å². The summed E-state index contributed by atoms with van der Waals surface area (Å²) < 4.78 is 6.29. The van der Waals surface area contributed by atoms with E-state index in [1.807, 2.05) is 0 Å². The lowest BCUT2D eigenvalue weighted by Gasteiger charge is -2.57. The molecule has 2 fully saturated rings. The van der Waals surface area contributed by atoms with Gasteiger partial charge in [0.15, 0.2) is 0 Å². The van der Waals surface area contributed by atoms with Crippen molar-refractivity contribution >= 4 is 28.6 Å². The summed E-state index contributed by atoms with van der Waals surface area (Å²) >= 11 is 2.40. The third-order valence-electron chi connectivity index (χ3n) is 6.92. The van der Waals surface area contributed by atoms with E-state index in [1.165, 1.54) is 31.1 Å². The first-order chi connectivity index (χ1) is 11.3. The summed E-state index contributed by atoms with van der Waals surface area (Å²) in [5.41, 5.74) is 2.74. The van der Waals surface area contributed by atoms with Crippen LogP contribution in [0.15, 0.2) is 23.8 Å². The minimum atomic E-state index is -0.326. The lowest BCUT2D eigenvalue weighted by molar-refractivity contribution is -0.168. The quantitative estimate of drug-likeness (QED) is 0.222. The summed E-state index contributed by atoms with van der Waals surface area (Å²) in [6.45, 7) is 11.2. The van der Waals surface area contributed by atoms with Gasteiger partial charge in [0.25, 0.3) is 0 Å². The van der Waals surface area contributed by atoms with Crippen molar-refractivity contribution in [3.05, 3.63) is 23.8 Å². The minimum absolute atomic E-state index is 0.00863. The maximum absolute atomic E-state index is 12.6. The SMILES string of the molecule is C=C1CC[C@@H]2[C@](C)(CCC[C@]2(C)C(=O)OC)[C@H]1CC/C(C)=C/CI. The maximum atomic E-state index is 12.6. The highest BCUT2D eigenvalue weighted by Gasteiger charge is 2.57. The van der Waals surface area contributed by atoms with Crippen LogP contribution >= 0.6 is 22.6 Å². The van der Waals surface area contributed by atoms with E-state index in [9.17, 15) is 4.79 Å². The molecule has 0 aromatic rings. The summed E-state index contributed by atoms with van der Waals surface area (Å²) in [6, 6.07) is 0. The average molecular weight is 444 g/mol. The normalized spacial score (nSPS) is 37.0. The highest BCUT2D eigenvalue weighted by molar-refractivity contribution is 14.1. The number of hydrogen-bond acceptors (Lipinski definition) is 2. The number of esters is 1. The number of carbonyl (C=O) groups is 1. The minimum Gasteiger partial charge on any atom is -0.469 e. The smallest absolute Gasteiger partial charge is 0.311 e. The van der Waals surface area contributed by atoms with Crippen LogP contribution in [0.3, 0.4) is 0 Å². The molecule has 0 aromatic carbocycles. The molecular weight excluding hydrogens is 411 g/mol. The number of methoxy groups -OCH3 is 1. The van der Waals surface area contributed by atoms with Gasteiger partial charge in [0.1, 0.15) is 0 Å². The number of allylic oxidation sites excluding steroid dienone is 3. The van der Waals surface area contributed by atoms with Crippen molar-refractivity contribution in [3.63, 3.8) is 0 Å². The number of rotatable bonds is 5. The van der Waals surface area contributed by atoms with Gasteiger partial charge in [-0.25, -0.2) is 0 Å². The van der Waals surface area contributed by atoms with Gasteiger partial charge in [0.05, 0.1) is 12.5 Å². The van der Waals surface area contributed by atoms with E-state index in [0.717, 1.165) is 36.5 Å². The molecule has 2 saturated carbocycles. The topological polar surface area (TPSA) is 26.3 Å². The fourth-order valence-electron chi connectivity index (χ4n) is 5.57. The number of ether oxygens (including phenoxy) is 1. The predicted molar refractivity (Wildman–Crippen MR) is 109 cm³/mol. The Morgan fingerprint density at radius 2 is 2.12 bits per heavy atom. The molecule has 3 heteroatoms.